The molecule has 1 heterocycles. The molecule has 0 saturated heterocycles. The van der Waals surface area contributed by atoms with Crippen molar-refractivity contribution in [3.05, 3.63) is 58.1 Å². The Morgan fingerprint density at radius 2 is 2.07 bits per heavy atom. The maximum absolute atomic E-state index is 12.0. The summed E-state index contributed by atoms with van der Waals surface area (Å²) < 4.78 is 5.41. The second kappa shape index (κ2) is 8.08. The molecule has 0 aromatic heterocycles. The Bertz CT molecular complexity index is 939. The van der Waals surface area contributed by atoms with Crippen molar-refractivity contribution in [1.29, 1.82) is 5.26 Å². The molecule has 138 valence electrons. The molecule has 0 saturated carbocycles. The lowest BCUT2D eigenvalue weighted by atomic mass is 10.0. The van der Waals surface area contributed by atoms with Crippen LogP contribution in [0.25, 0.3) is 0 Å². The largest absolute Gasteiger partial charge is 0.493 e. The van der Waals surface area contributed by atoms with Gasteiger partial charge in [0.15, 0.2) is 0 Å². The molecule has 1 atom stereocenters. The summed E-state index contributed by atoms with van der Waals surface area (Å²) in [6.07, 6.45) is -0.195. The fraction of sp³-hybridized carbons (Fsp3) is 0.211. The van der Waals surface area contributed by atoms with E-state index in [0.717, 1.165) is 17.7 Å². The van der Waals surface area contributed by atoms with Crippen molar-refractivity contribution in [3.8, 4) is 11.8 Å². The van der Waals surface area contributed by atoms with Gasteiger partial charge in [-0.3, -0.25) is 9.59 Å². The molecule has 27 heavy (non-hydrogen) atoms. The summed E-state index contributed by atoms with van der Waals surface area (Å²) in [5.74, 6) is -1.09. The van der Waals surface area contributed by atoms with Gasteiger partial charge in [-0.25, -0.2) is 0 Å². The van der Waals surface area contributed by atoms with E-state index in [4.69, 9.17) is 21.6 Å². The zero-order valence-corrected chi connectivity index (χ0v) is 14.9. The van der Waals surface area contributed by atoms with Crippen LogP contribution in [-0.2, 0) is 16.0 Å². The molecule has 1 aliphatic rings. The highest BCUT2D eigenvalue weighted by Crippen LogP contribution is 2.28. The number of carbonyl (C=O) groups excluding carboxylic acids is 2. The molecule has 2 aromatic rings. The van der Waals surface area contributed by atoms with Gasteiger partial charge in [0.05, 0.1) is 24.0 Å². The van der Waals surface area contributed by atoms with Crippen molar-refractivity contribution < 1.29 is 19.4 Å². The summed E-state index contributed by atoms with van der Waals surface area (Å²) in [6.45, 7) is 0.479. The second-order valence-electron chi connectivity index (χ2n) is 5.95. The van der Waals surface area contributed by atoms with Crippen LogP contribution in [0.4, 0.5) is 5.69 Å². The molecule has 0 fully saturated rings. The third-order valence-corrected chi connectivity index (χ3v) is 4.35. The predicted octanol–water partition coefficient (Wildman–Crippen LogP) is 1.93. The lowest BCUT2D eigenvalue weighted by molar-refractivity contribution is -0.136. The third kappa shape index (κ3) is 4.37. The number of halogens is 1. The average molecular weight is 386 g/mol. The molecule has 0 radical (unpaired) electrons. The Morgan fingerprint density at radius 3 is 2.85 bits per heavy atom. The van der Waals surface area contributed by atoms with Gasteiger partial charge in [0.1, 0.15) is 11.8 Å². The molecule has 7 nitrogen and oxygen atoms in total. The van der Waals surface area contributed by atoms with E-state index in [1.165, 1.54) is 18.2 Å². The maximum atomic E-state index is 12.0. The van der Waals surface area contributed by atoms with E-state index in [0.29, 0.717) is 17.2 Å². The molecule has 1 aliphatic heterocycles. The summed E-state index contributed by atoms with van der Waals surface area (Å²) in [5.41, 5.74) is 1.95. The van der Waals surface area contributed by atoms with Crippen molar-refractivity contribution in [2.24, 2.45) is 0 Å². The van der Waals surface area contributed by atoms with Gasteiger partial charge in [0.25, 0.3) is 0 Å². The van der Waals surface area contributed by atoms with Gasteiger partial charge < -0.3 is 20.5 Å². The van der Waals surface area contributed by atoms with E-state index in [2.05, 4.69) is 10.6 Å². The molecule has 3 rings (SSSR count). The van der Waals surface area contributed by atoms with Gasteiger partial charge in [-0.1, -0.05) is 17.7 Å². The highest BCUT2D eigenvalue weighted by molar-refractivity contribution is 6.40. The standard InChI is InChI=1S/C19H16ClN3O4/c20-14-3-1-13(9-21)15(8-14)23-19(26)18(25)22-10-16(24)11-2-4-17-12(7-11)5-6-27-17/h1-4,7-8,16,24H,5-6,10H2,(H,22,25)(H,23,26). The Labute approximate surface area is 160 Å². The van der Waals surface area contributed by atoms with Crippen LogP contribution >= 0.6 is 11.6 Å². The van der Waals surface area contributed by atoms with E-state index < -0.39 is 17.9 Å². The van der Waals surface area contributed by atoms with Gasteiger partial charge in [0, 0.05) is 18.0 Å². The Kier molecular flexibility index (Phi) is 5.60. The Morgan fingerprint density at radius 1 is 1.26 bits per heavy atom. The molecule has 3 N–H and O–H groups in total. The quantitative estimate of drug-likeness (QED) is 0.696. The van der Waals surface area contributed by atoms with Crippen LogP contribution in [0.15, 0.2) is 36.4 Å². The molecule has 2 amide bonds. The van der Waals surface area contributed by atoms with Gasteiger partial charge >= 0.3 is 11.8 Å². The number of carbonyl (C=O) groups is 2. The first-order valence-corrected chi connectivity index (χ1v) is 8.58. The molecule has 1 unspecified atom stereocenters. The lowest BCUT2D eigenvalue weighted by Crippen LogP contribution is -2.37. The van der Waals surface area contributed by atoms with Crippen LogP contribution in [0.1, 0.15) is 22.8 Å². The third-order valence-electron chi connectivity index (χ3n) is 4.11. The lowest BCUT2D eigenvalue weighted by Gasteiger charge is -2.13. The number of hydrogen-bond acceptors (Lipinski definition) is 5. The van der Waals surface area contributed by atoms with Gasteiger partial charge in [-0.15, -0.1) is 0 Å². The first-order chi connectivity index (χ1) is 13.0. The van der Waals surface area contributed by atoms with Crippen LogP contribution in [0.3, 0.4) is 0 Å². The molecule has 8 heteroatoms. The monoisotopic (exact) mass is 385 g/mol. The molecular formula is C19H16ClN3O4. The number of amides is 2. The minimum Gasteiger partial charge on any atom is -0.493 e. The number of fused-ring (bicyclic) bond motifs is 1. The number of rotatable bonds is 4. The van der Waals surface area contributed by atoms with Crippen LogP contribution in [0, 0.1) is 11.3 Å². The number of aliphatic hydroxyl groups is 1. The van der Waals surface area contributed by atoms with Crippen LogP contribution in [-0.4, -0.2) is 30.1 Å². The Hall–Kier alpha value is -3.08. The van der Waals surface area contributed by atoms with E-state index in [1.54, 1.807) is 12.1 Å². The highest BCUT2D eigenvalue weighted by Gasteiger charge is 2.19. The predicted molar refractivity (Wildman–Crippen MR) is 98.4 cm³/mol. The van der Waals surface area contributed by atoms with Crippen molar-refractivity contribution in [1.82, 2.24) is 5.32 Å². The topological polar surface area (TPSA) is 111 Å². The number of ether oxygens (including phenoxy) is 1. The van der Waals surface area contributed by atoms with E-state index in [1.807, 2.05) is 12.1 Å². The van der Waals surface area contributed by atoms with Gasteiger partial charge in [-0.2, -0.15) is 5.26 Å². The summed E-state index contributed by atoms with van der Waals surface area (Å²) in [5, 5.41) is 24.3. The summed E-state index contributed by atoms with van der Waals surface area (Å²) in [6, 6.07) is 11.5. The first kappa shape index (κ1) is 18.7. The van der Waals surface area contributed by atoms with Gasteiger partial charge in [-0.05, 0) is 41.5 Å². The van der Waals surface area contributed by atoms with Crippen molar-refractivity contribution in [3.63, 3.8) is 0 Å². The maximum Gasteiger partial charge on any atom is 0.313 e. The second-order valence-corrected chi connectivity index (χ2v) is 6.38. The highest BCUT2D eigenvalue weighted by atomic mass is 35.5. The molecule has 2 aromatic carbocycles. The number of anilines is 1. The number of nitriles is 1. The SMILES string of the molecule is N#Cc1ccc(Cl)cc1NC(=O)C(=O)NCC(O)c1ccc2c(c1)CCO2. The van der Waals surface area contributed by atoms with Crippen molar-refractivity contribution in [2.75, 3.05) is 18.5 Å². The van der Waals surface area contributed by atoms with Crippen LogP contribution in [0.5, 0.6) is 5.75 Å². The number of benzene rings is 2. The summed E-state index contributed by atoms with van der Waals surface area (Å²) in [4.78, 5) is 24.0. The average Bonchev–Trinajstić information content (AvgIpc) is 3.13. The van der Waals surface area contributed by atoms with Crippen LogP contribution in [0.2, 0.25) is 5.02 Å². The fourth-order valence-corrected chi connectivity index (χ4v) is 2.87. The molecular weight excluding hydrogens is 370 g/mol. The first-order valence-electron chi connectivity index (χ1n) is 8.20. The normalized spacial score (nSPS) is 13.1. The summed E-state index contributed by atoms with van der Waals surface area (Å²) in [7, 11) is 0. The smallest absolute Gasteiger partial charge is 0.313 e. The van der Waals surface area contributed by atoms with E-state index in [9.17, 15) is 14.7 Å². The molecule has 0 spiro atoms. The minimum absolute atomic E-state index is 0.132. The van der Waals surface area contributed by atoms with Crippen molar-refractivity contribution >= 4 is 29.1 Å². The zero-order valence-electron chi connectivity index (χ0n) is 14.2. The Balaban J connectivity index is 1.58. The van der Waals surface area contributed by atoms with Crippen molar-refractivity contribution in [2.45, 2.75) is 12.5 Å². The zero-order chi connectivity index (χ0) is 19.4. The fourth-order valence-electron chi connectivity index (χ4n) is 2.70. The number of aliphatic hydroxyl groups excluding tert-OH is 1. The van der Waals surface area contributed by atoms with Gasteiger partial charge in [0.2, 0.25) is 0 Å². The van der Waals surface area contributed by atoms with Crippen LogP contribution < -0.4 is 15.4 Å². The number of hydrogen-bond donors (Lipinski definition) is 3. The summed E-state index contributed by atoms with van der Waals surface area (Å²) >= 11 is 5.84. The molecule has 0 bridgehead atoms. The van der Waals surface area contributed by atoms with E-state index in [-0.39, 0.29) is 17.8 Å². The van der Waals surface area contributed by atoms with E-state index >= 15 is 0 Å². The number of nitrogens with one attached hydrogen (secondary N) is 2. The molecule has 0 aliphatic carbocycles. The minimum atomic E-state index is -0.964. The number of nitrogens with zero attached hydrogens (tertiary/aromatic N) is 1.